The van der Waals surface area contributed by atoms with Gasteiger partial charge in [-0.3, -0.25) is 0 Å². The Morgan fingerprint density at radius 1 is 1.25 bits per heavy atom. The van der Waals surface area contributed by atoms with Crippen LogP contribution in [0, 0.1) is 5.82 Å². The SMILES string of the molecule is CNc1nc(Oc2ccc(F)cc2Br)nc(N(C)C)n1. The smallest absolute Gasteiger partial charge is 0.328 e. The van der Waals surface area contributed by atoms with Crippen molar-refractivity contribution < 1.29 is 9.13 Å². The fraction of sp³-hybridized carbons (Fsp3) is 0.250. The van der Waals surface area contributed by atoms with Gasteiger partial charge < -0.3 is 15.0 Å². The third-order valence-corrected chi connectivity index (χ3v) is 2.94. The molecule has 0 saturated carbocycles. The molecule has 1 aromatic carbocycles. The van der Waals surface area contributed by atoms with Gasteiger partial charge in [0, 0.05) is 21.1 Å². The Morgan fingerprint density at radius 2 is 2.00 bits per heavy atom. The van der Waals surface area contributed by atoms with E-state index < -0.39 is 0 Å². The van der Waals surface area contributed by atoms with Crippen LogP contribution in [-0.2, 0) is 0 Å². The lowest BCUT2D eigenvalue weighted by Gasteiger charge is -2.13. The molecule has 106 valence electrons. The van der Waals surface area contributed by atoms with E-state index in [1.165, 1.54) is 18.2 Å². The Morgan fingerprint density at radius 3 is 2.60 bits per heavy atom. The van der Waals surface area contributed by atoms with Gasteiger partial charge in [0.2, 0.25) is 11.9 Å². The molecule has 1 N–H and O–H groups in total. The minimum Gasteiger partial charge on any atom is -0.423 e. The maximum Gasteiger partial charge on any atom is 0.328 e. The van der Waals surface area contributed by atoms with E-state index in [1.807, 2.05) is 14.1 Å². The minimum atomic E-state index is -0.357. The highest BCUT2D eigenvalue weighted by Crippen LogP contribution is 2.29. The van der Waals surface area contributed by atoms with Crippen molar-refractivity contribution in [2.75, 3.05) is 31.4 Å². The van der Waals surface area contributed by atoms with E-state index in [0.717, 1.165) is 0 Å². The van der Waals surface area contributed by atoms with Crippen LogP contribution < -0.4 is 15.0 Å². The van der Waals surface area contributed by atoms with Crippen molar-refractivity contribution in [3.63, 3.8) is 0 Å². The highest BCUT2D eigenvalue weighted by atomic mass is 79.9. The van der Waals surface area contributed by atoms with Gasteiger partial charge in [-0.15, -0.1) is 0 Å². The molecule has 1 aromatic heterocycles. The number of ether oxygens (including phenoxy) is 1. The number of nitrogens with zero attached hydrogens (tertiary/aromatic N) is 4. The lowest BCUT2D eigenvalue weighted by Crippen LogP contribution is -2.15. The molecule has 2 aromatic rings. The van der Waals surface area contributed by atoms with Gasteiger partial charge in [0.05, 0.1) is 4.47 Å². The third-order valence-electron chi connectivity index (χ3n) is 2.32. The van der Waals surface area contributed by atoms with Gasteiger partial charge in [-0.2, -0.15) is 15.0 Å². The molecule has 1 heterocycles. The quantitative estimate of drug-likeness (QED) is 0.922. The Bertz CT molecular complexity index is 623. The molecule has 0 radical (unpaired) electrons. The summed E-state index contributed by atoms with van der Waals surface area (Å²) < 4.78 is 19.1. The van der Waals surface area contributed by atoms with Gasteiger partial charge >= 0.3 is 6.01 Å². The van der Waals surface area contributed by atoms with Crippen LogP contribution in [0.2, 0.25) is 0 Å². The first-order chi connectivity index (χ1) is 9.49. The second-order valence-electron chi connectivity index (χ2n) is 4.06. The molecule has 0 aliphatic carbocycles. The summed E-state index contributed by atoms with van der Waals surface area (Å²) in [6.45, 7) is 0. The first-order valence-corrected chi connectivity index (χ1v) is 6.53. The van der Waals surface area contributed by atoms with Gasteiger partial charge in [0.15, 0.2) is 0 Å². The number of aromatic nitrogens is 3. The van der Waals surface area contributed by atoms with E-state index in [4.69, 9.17) is 4.74 Å². The van der Waals surface area contributed by atoms with Crippen LogP contribution in [0.1, 0.15) is 0 Å². The topological polar surface area (TPSA) is 63.2 Å². The molecule has 2 rings (SSSR count). The number of hydrogen-bond acceptors (Lipinski definition) is 6. The van der Waals surface area contributed by atoms with Crippen molar-refractivity contribution in [2.24, 2.45) is 0 Å². The van der Waals surface area contributed by atoms with Crippen molar-refractivity contribution >= 4 is 27.8 Å². The monoisotopic (exact) mass is 341 g/mol. The van der Waals surface area contributed by atoms with E-state index >= 15 is 0 Å². The van der Waals surface area contributed by atoms with Gasteiger partial charge in [-0.1, -0.05) is 0 Å². The van der Waals surface area contributed by atoms with E-state index in [9.17, 15) is 4.39 Å². The minimum absolute atomic E-state index is 0.125. The maximum absolute atomic E-state index is 13.0. The van der Waals surface area contributed by atoms with Crippen molar-refractivity contribution in [1.29, 1.82) is 0 Å². The fourth-order valence-electron chi connectivity index (χ4n) is 1.36. The highest BCUT2D eigenvalue weighted by molar-refractivity contribution is 9.10. The second kappa shape index (κ2) is 6.00. The first-order valence-electron chi connectivity index (χ1n) is 5.73. The van der Waals surface area contributed by atoms with Crippen LogP contribution in [0.15, 0.2) is 22.7 Å². The predicted octanol–water partition coefficient (Wildman–Crippen LogP) is 2.67. The molecule has 6 nitrogen and oxygen atoms in total. The van der Waals surface area contributed by atoms with Crippen LogP contribution >= 0.6 is 15.9 Å². The average Bonchev–Trinajstić information content (AvgIpc) is 2.41. The number of nitrogens with one attached hydrogen (secondary N) is 1. The Balaban J connectivity index is 2.34. The number of anilines is 2. The summed E-state index contributed by atoms with van der Waals surface area (Å²) >= 11 is 3.23. The van der Waals surface area contributed by atoms with Gasteiger partial charge in [-0.05, 0) is 34.1 Å². The first kappa shape index (κ1) is 14.4. The predicted molar refractivity (Wildman–Crippen MR) is 77.9 cm³/mol. The zero-order valence-corrected chi connectivity index (χ0v) is 12.8. The van der Waals surface area contributed by atoms with Gasteiger partial charge in [0.25, 0.3) is 0 Å². The second-order valence-corrected chi connectivity index (χ2v) is 4.92. The largest absolute Gasteiger partial charge is 0.423 e. The lowest BCUT2D eigenvalue weighted by molar-refractivity contribution is 0.436. The summed E-state index contributed by atoms with van der Waals surface area (Å²) in [7, 11) is 5.32. The fourth-order valence-corrected chi connectivity index (χ4v) is 1.79. The highest BCUT2D eigenvalue weighted by Gasteiger charge is 2.11. The van der Waals surface area contributed by atoms with Gasteiger partial charge in [0.1, 0.15) is 11.6 Å². The number of hydrogen-bond donors (Lipinski definition) is 1. The summed E-state index contributed by atoms with van der Waals surface area (Å²) in [5.41, 5.74) is 0. The average molecular weight is 342 g/mol. The van der Waals surface area contributed by atoms with E-state index in [2.05, 4.69) is 36.2 Å². The molecule has 0 amide bonds. The Kier molecular flexibility index (Phi) is 4.33. The van der Waals surface area contributed by atoms with Crippen LogP contribution in [-0.4, -0.2) is 36.1 Å². The molecule has 20 heavy (non-hydrogen) atoms. The molecule has 8 heteroatoms. The summed E-state index contributed by atoms with van der Waals surface area (Å²) in [6.07, 6.45) is 0. The zero-order valence-electron chi connectivity index (χ0n) is 11.2. The number of rotatable bonds is 4. The summed E-state index contributed by atoms with van der Waals surface area (Å²) in [5.74, 6) is 0.906. The van der Waals surface area contributed by atoms with Gasteiger partial charge in [-0.25, -0.2) is 4.39 Å². The molecule has 0 spiro atoms. The molecule has 0 bridgehead atoms. The van der Waals surface area contributed by atoms with Crippen molar-refractivity contribution in [3.05, 3.63) is 28.5 Å². The van der Waals surface area contributed by atoms with Crippen LogP contribution in [0.5, 0.6) is 11.8 Å². The molecule has 0 aliphatic heterocycles. The van der Waals surface area contributed by atoms with Crippen LogP contribution in [0.4, 0.5) is 16.3 Å². The summed E-state index contributed by atoms with van der Waals surface area (Å²) in [5, 5.41) is 2.83. The number of halogens is 2. The zero-order chi connectivity index (χ0) is 14.7. The molecular formula is C12H13BrFN5O. The van der Waals surface area contributed by atoms with Crippen molar-refractivity contribution in [2.45, 2.75) is 0 Å². The normalized spacial score (nSPS) is 10.2. The maximum atomic E-state index is 13.0. The number of benzene rings is 1. The molecule has 0 saturated heterocycles. The van der Waals surface area contributed by atoms with Crippen LogP contribution in [0.3, 0.4) is 0 Å². The van der Waals surface area contributed by atoms with E-state index in [1.54, 1.807) is 11.9 Å². The Labute approximate surface area is 124 Å². The molecule has 0 atom stereocenters. The summed E-state index contributed by atoms with van der Waals surface area (Å²) in [6, 6.07) is 4.23. The third kappa shape index (κ3) is 3.32. The summed E-state index contributed by atoms with van der Waals surface area (Å²) in [4.78, 5) is 14.2. The van der Waals surface area contributed by atoms with E-state index in [-0.39, 0.29) is 11.8 Å². The Hall–Kier alpha value is -1.96. The van der Waals surface area contributed by atoms with Crippen molar-refractivity contribution in [1.82, 2.24) is 15.0 Å². The lowest BCUT2D eigenvalue weighted by atomic mass is 10.3. The molecule has 0 aliphatic rings. The molecule has 0 fully saturated rings. The molecular weight excluding hydrogens is 329 g/mol. The van der Waals surface area contributed by atoms with Crippen LogP contribution in [0.25, 0.3) is 0 Å². The van der Waals surface area contributed by atoms with Crippen molar-refractivity contribution in [3.8, 4) is 11.8 Å². The molecule has 0 unspecified atom stereocenters. The standard InChI is InChI=1S/C12H13BrFN5O/c1-15-10-16-11(19(2)3)18-12(17-10)20-9-5-4-7(14)6-8(9)13/h4-6H,1-3H3,(H,15,16,17,18). The van der Waals surface area contributed by atoms with E-state index in [0.29, 0.717) is 22.1 Å².